The Bertz CT molecular complexity index is 1800. The molecule has 0 radical (unpaired) electrons. The highest BCUT2D eigenvalue weighted by Gasteiger charge is 2.40. The van der Waals surface area contributed by atoms with Crippen molar-refractivity contribution in [1.29, 1.82) is 5.26 Å². The summed E-state index contributed by atoms with van der Waals surface area (Å²) >= 11 is 3.49. The highest BCUT2D eigenvalue weighted by atomic mass is 32.1. The zero-order valence-electron chi connectivity index (χ0n) is 21.7. The Morgan fingerprint density at radius 2 is 1.66 bits per heavy atom. The molecule has 0 unspecified atom stereocenters. The molecule has 5 aromatic rings. The van der Waals surface area contributed by atoms with Gasteiger partial charge in [-0.15, -0.1) is 22.7 Å². The van der Waals surface area contributed by atoms with Crippen molar-refractivity contribution < 1.29 is 0 Å². The normalized spacial score (nSPS) is 13.6. The van der Waals surface area contributed by atoms with Crippen LogP contribution in [0.3, 0.4) is 0 Å². The van der Waals surface area contributed by atoms with Gasteiger partial charge in [0.05, 0.1) is 17.3 Å². The van der Waals surface area contributed by atoms with Crippen LogP contribution in [0.4, 0.5) is 17.1 Å². The van der Waals surface area contributed by atoms with E-state index in [1.807, 2.05) is 17.4 Å². The molecule has 38 heavy (non-hydrogen) atoms. The Hall–Kier alpha value is -4.16. The molecule has 0 fully saturated rings. The molecule has 0 amide bonds. The van der Waals surface area contributed by atoms with E-state index in [4.69, 9.17) is 6.57 Å². The lowest BCUT2D eigenvalue weighted by Gasteiger charge is -2.28. The van der Waals surface area contributed by atoms with Crippen molar-refractivity contribution >= 4 is 55.2 Å². The molecule has 0 atom stereocenters. The number of hydrogen-bond acceptors (Lipinski definition) is 4. The van der Waals surface area contributed by atoms with Crippen molar-refractivity contribution in [2.24, 2.45) is 0 Å². The van der Waals surface area contributed by atoms with Crippen molar-refractivity contribution in [3.63, 3.8) is 0 Å². The number of allylic oxidation sites excluding steroid dienone is 1. The third kappa shape index (κ3) is 3.84. The van der Waals surface area contributed by atoms with Gasteiger partial charge in [-0.25, -0.2) is 10.1 Å². The van der Waals surface area contributed by atoms with Crippen LogP contribution in [0.15, 0.2) is 78.5 Å². The molecule has 0 saturated carbocycles. The molecule has 6 rings (SSSR count). The summed E-state index contributed by atoms with van der Waals surface area (Å²) in [5.41, 5.74) is 9.85. The monoisotopic (exact) mass is 527 g/mol. The van der Waals surface area contributed by atoms with Crippen LogP contribution in [0, 0.1) is 31.8 Å². The summed E-state index contributed by atoms with van der Waals surface area (Å²) in [5, 5.41) is 9.21. The summed E-state index contributed by atoms with van der Waals surface area (Å²) in [5.74, 6) is 0. The Morgan fingerprint density at radius 3 is 2.34 bits per heavy atom. The first-order valence-electron chi connectivity index (χ1n) is 12.4. The van der Waals surface area contributed by atoms with Crippen LogP contribution in [0.25, 0.3) is 30.8 Å². The van der Waals surface area contributed by atoms with Crippen LogP contribution in [-0.2, 0) is 5.41 Å². The second-order valence-electron chi connectivity index (χ2n) is 10.3. The van der Waals surface area contributed by atoms with E-state index in [9.17, 15) is 5.26 Å². The van der Waals surface area contributed by atoms with E-state index in [-0.39, 0.29) is 11.1 Å². The lowest BCUT2D eigenvalue weighted by atomic mass is 9.82. The van der Waals surface area contributed by atoms with E-state index in [0.29, 0.717) is 0 Å². The first-order valence-corrected chi connectivity index (χ1v) is 14.1. The van der Waals surface area contributed by atoms with Gasteiger partial charge >= 0.3 is 0 Å². The standard InChI is InChI=1S/C33H25N3S2/c1-20-13-21(2)15-25(14-20)36(23-9-7-6-8-10-23)24-11-12-27-28(17-24)33(3,4)30-31(27)38-29-18-26(37-32(29)30)16-22(19-34)35-5/h6-18H,1-4H3/b22-16-. The van der Waals surface area contributed by atoms with Crippen LogP contribution < -0.4 is 4.90 Å². The fourth-order valence-corrected chi connectivity index (χ4v) is 8.52. The zero-order chi connectivity index (χ0) is 26.6. The van der Waals surface area contributed by atoms with Crippen molar-refractivity contribution in [2.75, 3.05) is 4.90 Å². The van der Waals surface area contributed by atoms with E-state index < -0.39 is 0 Å². The highest BCUT2D eigenvalue weighted by Crippen LogP contribution is 2.58. The second kappa shape index (κ2) is 8.99. The summed E-state index contributed by atoms with van der Waals surface area (Å²) in [7, 11) is 0. The molecule has 1 aliphatic rings. The molecule has 2 heterocycles. The summed E-state index contributed by atoms with van der Waals surface area (Å²) in [6.07, 6.45) is 1.70. The predicted molar refractivity (Wildman–Crippen MR) is 162 cm³/mol. The maximum absolute atomic E-state index is 9.21. The van der Waals surface area contributed by atoms with Crippen molar-refractivity contribution in [2.45, 2.75) is 33.1 Å². The van der Waals surface area contributed by atoms with Gasteiger partial charge in [-0.05, 0) is 90.2 Å². The predicted octanol–water partition coefficient (Wildman–Crippen LogP) is 10.1. The fraction of sp³-hybridized carbons (Fsp3) is 0.152. The van der Waals surface area contributed by atoms with Crippen LogP contribution in [0.2, 0.25) is 0 Å². The van der Waals surface area contributed by atoms with Gasteiger partial charge in [-0.2, -0.15) is 0 Å². The number of nitriles is 1. The molecular formula is C33H25N3S2. The number of benzene rings is 3. The summed E-state index contributed by atoms with van der Waals surface area (Å²) < 4.78 is 2.48. The number of rotatable bonds is 4. The molecule has 0 N–H and O–H groups in total. The van der Waals surface area contributed by atoms with E-state index in [1.54, 1.807) is 17.4 Å². The fourth-order valence-electron chi connectivity index (χ4n) is 5.58. The SMILES string of the molecule is [C-]#[N+]/C(C#N)=C\c1cc2sc3c(c2s1)C(C)(C)c1cc(N(c2ccccc2)c2cc(C)cc(C)c2)ccc1-3. The maximum Gasteiger partial charge on any atom is 0.263 e. The molecule has 5 heteroatoms. The van der Waals surface area contributed by atoms with E-state index >= 15 is 0 Å². The third-order valence-corrected chi connectivity index (χ3v) is 9.58. The van der Waals surface area contributed by atoms with Gasteiger partial charge in [0.25, 0.3) is 5.70 Å². The van der Waals surface area contributed by atoms with Gasteiger partial charge < -0.3 is 4.90 Å². The van der Waals surface area contributed by atoms with Crippen LogP contribution in [0.5, 0.6) is 0 Å². The number of para-hydroxylation sites is 1. The molecule has 184 valence electrons. The number of aryl methyl sites for hydroxylation is 2. The Kier molecular flexibility index (Phi) is 5.73. The van der Waals surface area contributed by atoms with Crippen LogP contribution >= 0.6 is 22.7 Å². The number of hydrogen-bond donors (Lipinski definition) is 0. The molecule has 0 spiro atoms. The molecular weight excluding hydrogens is 503 g/mol. The minimum atomic E-state index is -0.173. The van der Waals surface area contributed by atoms with Gasteiger partial charge in [-0.1, -0.05) is 44.2 Å². The van der Waals surface area contributed by atoms with Crippen LogP contribution in [0.1, 0.15) is 41.0 Å². The first-order chi connectivity index (χ1) is 18.3. The van der Waals surface area contributed by atoms with Gasteiger partial charge in [0.15, 0.2) is 0 Å². The Labute approximate surface area is 231 Å². The lowest BCUT2D eigenvalue weighted by Crippen LogP contribution is -2.16. The van der Waals surface area contributed by atoms with E-state index in [1.165, 1.54) is 42.1 Å². The van der Waals surface area contributed by atoms with E-state index in [0.717, 1.165) is 21.9 Å². The number of thiophene rings is 2. The highest BCUT2D eigenvalue weighted by molar-refractivity contribution is 7.30. The zero-order valence-corrected chi connectivity index (χ0v) is 23.3. The number of anilines is 3. The topological polar surface area (TPSA) is 31.4 Å². The number of nitrogens with zero attached hydrogens (tertiary/aromatic N) is 3. The second-order valence-corrected chi connectivity index (χ2v) is 12.4. The van der Waals surface area contributed by atoms with Crippen molar-refractivity contribution in [1.82, 2.24) is 0 Å². The molecule has 3 aromatic carbocycles. The molecule has 0 bridgehead atoms. The Balaban J connectivity index is 1.50. The average molecular weight is 528 g/mol. The molecule has 0 aliphatic heterocycles. The lowest BCUT2D eigenvalue weighted by molar-refractivity contribution is 0.668. The van der Waals surface area contributed by atoms with Crippen molar-refractivity contribution in [3.8, 4) is 16.5 Å². The maximum atomic E-state index is 9.21. The summed E-state index contributed by atoms with van der Waals surface area (Å²) in [6, 6.07) is 28.3. The quantitative estimate of drug-likeness (QED) is 0.172. The molecule has 1 aliphatic carbocycles. The van der Waals surface area contributed by atoms with Gasteiger partial charge in [0.1, 0.15) is 0 Å². The summed E-state index contributed by atoms with van der Waals surface area (Å²) in [4.78, 5) is 7.97. The first kappa shape index (κ1) is 24.2. The van der Waals surface area contributed by atoms with Crippen LogP contribution in [-0.4, -0.2) is 0 Å². The Morgan fingerprint density at radius 1 is 0.921 bits per heavy atom. The minimum Gasteiger partial charge on any atom is -0.310 e. The largest absolute Gasteiger partial charge is 0.310 e. The van der Waals surface area contributed by atoms with Gasteiger partial charge in [0, 0.05) is 36.9 Å². The third-order valence-electron chi connectivity index (χ3n) is 7.18. The number of fused-ring (bicyclic) bond motifs is 5. The summed E-state index contributed by atoms with van der Waals surface area (Å²) in [6.45, 7) is 16.1. The minimum absolute atomic E-state index is 0.120. The van der Waals surface area contributed by atoms with Crippen molar-refractivity contribution in [3.05, 3.63) is 117 Å². The molecule has 0 saturated heterocycles. The van der Waals surface area contributed by atoms with E-state index in [2.05, 4.69) is 110 Å². The molecule has 3 nitrogen and oxygen atoms in total. The average Bonchev–Trinajstić information content (AvgIpc) is 3.50. The van der Waals surface area contributed by atoms with Gasteiger partial charge in [-0.3, -0.25) is 0 Å². The smallest absolute Gasteiger partial charge is 0.263 e. The van der Waals surface area contributed by atoms with Gasteiger partial charge in [0.2, 0.25) is 0 Å². The molecule has 2 aromatic heterocycles.